The Morgan fingerprint density at radius 2 is 1.84 bits per heavy atom. The summed E-state index contributed by atoms with van der Waals surface area (Å²) >= 11 is 11.7. The van der Waals surface area contributed by atoms with Crippen molar-refractivity contribution in [2.75, 3.05) is 11.9 Å². The molecule has 0 spiro atoms. The minimum Gasteiger partial charge on any atom is -0.479 e. The van der Waals surface area contributed by atoms with Gasteiger partial charge in [0.05, 0.1) is 10.7 Å². The lowest BCUT2D eigenvalue weighted by molar-refractivity contribution is -0.153. The fourth-order valence-electron chi connectivity index (χ4n) is 1.80. The van der Waals surface area contributed by atoms with Crippen LogP contribution in [-0.4, -0.2) is 24.6 Å². The third-order valence-corrected chi connectivity index (χ3v) is 3.56. The van der Waals surface area contributed by atoms with E-state index in [1.165, 1.54) is 43.3 Å². The van der Waals surface area contributed by atoms with Crippen LogP contribution < -0.4 is 10.1 Å². The van der Waals surface area contributed by atoms with Gasteiger partial charge in [0, 0.05) is 5.02 Å². The van der Waals surface area contributed by atoms with E-state index in [1.54, 1.807) is 6.07 Å². The van der Waals surface area contributed by atoms with Crippen LogP contribution in [0.3, 0.4) is 0 Å². The van der Waals surface area contributed by atoms with Gasteiger partial charge in [-0.05, 0) is 49.4 Å². The Kier molecular flexibility index (Phi) is 6.61. The fourth-order valence-corrected chi connectivity index (χ4v) is 2.25. The number of hydrogen-bond acceptors (Lipinski definition) is 4. The van der Waals surface area contributed by atoms with Crippen LogP contribution in [0, 0.1) is 5.82 Å². The Bertz CT molecular complexity index is 768. The summed E-state index contributed by atoms with van der Waals surface area (Å²) in [6, 6.07) is 9.75. The van der Waals surface area contributed by atoms with Gasteiger partial charge in [0.25, 0.3) is 5.91 Å². The highest BCUT2D eigenvalue weighted by molar-refractivity contribution is 6.36. The summed E-state index contributed by atoms with van der Waals surface area (Å²) in [5, 5.41) is 3.19. The van der Waals surface area contributed by atoms with Gasteiger partial charge in [-0.3, -0.25) is 4.79 Å². The molecule has 2 aromatic rings. The van der Waals surface area contributed by atoms with Gasteiger partial charge in [0.1, 0.15) is 11.6 Å². The number of benzene rings is 2. The number of esters is 1. The van der Waals surface area contributed by atoms with E-state index in [-0.39, 0.29) is 5.02 Å². The van der Waals surface area contributed by atoms with Gasteiger partial charge in [-0.2, -0.15) is 0 Å². The Morgan fingerprint density at radius 3 is 2.48 bits per heavy atom. The molecular weight excluding hydrogens is 372 g/mol. The Balaban J connectivity index is 1.82. The summed E-state index contributed by atoms with van der Waals surface area (Å²) in [6.45, 7) is 0.953. The molecule has 1 N–H and O–H groups in total. The molecular formula is C17H14Cl2FNO4. The molecule has 0 fully saturated rings. The molecule has 0 bridgehead atoms. The van der Waals surface area contributed by atoms with Gasteiger partial charge in [-0.25, -0.2) is 9.18 Å². The third kappa shape index (κ3) is 5.92. The van der Waals surface area contributed by atoms with Gasteiger partial charge in [-0.1, -0.05) is 23.2 Å². The third-order valence-electron chi connectivity index (χ3n) is 3.01. The van der Waals surface area contributed by atoms with Crippen LogP contribution >= 0.6 is 23.2 Å². The topological polar surface area (TPSA) is 64.6 Å². The molecule has 1 amide bonds. The van der Waals surface area contributed by atoms with Crippen LogP contribution in [0.4, 0.5) is 10.1 Å². The number of anilines is 1. The summed E-state index contributed by atoms with van der Waals surface area (Å²) in [7, 11) is 0. The molecule has 0 unspecified atom stereocenters. The van der Waals surface area contributed by atoms with Crippen LogP contribution in [0.15, 0.2) is 42.5 Å². The van der Waals surface area contributed by atoms with Crippen LogP contribution in [0.25, 0.3) is 0 Å². The second-order valence-electron chi connectivity index (χ2n) is 4.99. The minimum absolute atomic E-state index is 0.264. The summed E-state index contributed by atoms with van der Waals surface area (Å²) < 4.78 is 23.0. The summed E-state index contributed by atoms with van der Waals surface area (Å²) in [4.78, 5) is 23.6. The van der Waals surface area contributed by atoms with Gasteiger partial charge in [0.15, 0.2) is 12.7 Å². The van der Waals surface area contributed by atoms with Gasteiger partial charge in [-0.15, -0.1) is 0 Å². The number of hydrogen-bond donors (Lipinski definition) is 1. The Morgan fingerprint density at radius 1 is 1.16 bits per heavy atom. The molecule has 0 aliphatic heterocycles. The zero-order valence-corrected chi connectivity index (χ0v) is 14.6. The zero-order chi connectivity index (χ0) is 18.4. The predicted octanol–water partition coefficient (Wildman–Crippen LogP) is 4.08. The number of halogens is 3. The predicted molar refractivity (Wildman–Crippen MR) is 92.5 cm³/mol. The van der Waals surface area contributed by atoms with E-state index in [0.717, 1.165) is 0 Å². The quantitative estimate of drug-likeness (QED) is 0.760. The van der Waals surface area contributed by atoms with Crippen molar-refractivity contribution in [3.05, 3.63) is 58.3 Å². The lowest BCUT2D eigenvalue weighted by atomic mass is 10.3. The molecule has 0 saturated heterocycles. The fraction of sp³-hybridized carbons (Fsp3) is 0.176. The molecule has 1 atom stereocenters. The maximum absolute atomic E-state index is 12.8. The normalized spacial score (nSPS) is 11.5. The van der Waals surface area contributed by atoms with E-state index in [0.29, 0.717) is 16.5 Å². The van der Waals surface area contributed by atoms with E-state index in [2.05, 4.69) is 5.32 Å². The van der Waals surface area contributed by atoms with Crippen molar-refractivity contribution in [2.24, 2.45) is 0 Å². The van der Waals surface area contributed by atoms with Gasteiger partial charge in [0.2, 0.25) is 0 Å². The first kappa shape index (κ1) is 19.0. The number of ether oxygens (including phenoxy) is 2. The number of amides is 1. The highest BCUT2D eigenvalue weighted by atomic mass is 35.5. The Labute approximate surface area is 153 Å². The first-order valence-corrected chi connectivity index (χ1v) is 7.94. The SMILES string of the molecule is C[C@H](Oc1ccc(F)cc1)C(=O)OCC(=O)Nc1ccc(Cl)cc1Cl. The second-order valence-corrected chi connectivity index (χ2v) is 5.84. The summed E-state index contributed by atoms with van der Waals surface area (Å²) in [5.41, 5.74) is 0.350. The minimum atomic E-state index is -0.961. The van der Waals surface area contributed by atoms with E-state index in [9.17, 15) is 14.0 Å². The van der Waals surface area contributed by atoms with Crippen LogP contribution in [-0.2, 0) is 14.3 Å². The average molecular weight is 386 g/mol. The molecule has 5 nitrogen and oxygen atoms in total. The zero-order valence-electron chi connectivity index (χ0n) is 13.1. The summed E-state index contributed by atoms with van der Waals surface area (Å²) in [5.74, 6) is -1.41. The van der Waals surface area contributed by atoms with Gasteiger partial charge >= 0.3 is 5.97 Å². The first-order chi connectivity index (χ1) is 11.8. The van der Waals surface area contributed by atoms with E-state index < -0.39 is 30.4 Å². The highest BCUT2D eigenvalue weighted by Gasteiger charge is 2.18. The maximum atomic E-state index is 12.8. The van der Waals surface area contributed by atoms with E-state index >= 15 is 0 Å². The van der Waals surface area contributed by atoms with Crippen molar-refractivity contribution in [1.82, 2.24) is 0 Å². The lowest BCUT2D eigenvalue weighted by Gasteiger charge is -2.14. The molecule has 0 radical (unpaired) electrons. The summed E-state index contributed by atoms with van der Waals surface area (Å²) in [6.07, 6.45) is -0.961. The van der Waals surface area contributed by atoms with Crippen LogP contribution in [0.5, 0.6) is 5.75 Å². The molecule has 0 aromatic heterocycles. The van der Waals surface area contributed by atoms with Gasteiger partial charge < -0.3 is 14.8 Å². The smallest absolute Gasteiger partial charge is 0.347 e. The molecule has 0 heterocycles. The van der Waals surface area contributed by atoms with Crippen molar-refractivity contribution in [2.45, 2.75) is 13.0 Å². The molecule has 2 aromatic carbocycles. The van der Waals surface area contributed by atoms with E-state index in [4.69, 9.17) is 32.7 Å². The second kappa shape index (κ2) is 8.69. The van der Waals surface area contributed by atoms with E-state index in [1.807, 2.05) is 0 Å². The number of nitrogens with one attached hydrogen (secondary N) is 1. The monoisotopic (exact) mass is 385 g/mol. The maximum Gasteiger partial charge on any atom is 0.347 e. The van der Waals surface area contributed by atoms with Crippen molar-refractivity contribution in [3.8, 4) is 5.75 Å². The highest BCUT2D eigenvalue weighted by Crippen LogP contribution is 2.25. The molecule has 0 aliphatic carbocycles. The molecule has 132 valence electrons. The van der Waals surface area contributed by atoms with Crippen molar-refractivity contribution >= 4 is 40.8 Å². The van der Waals surface area contributed by atoms with Crippen molar-refractivity contribution in [1.29, 1.82) is 0 Å². The number of carbonyl (C=O) groups is 2. The van der Waals surface area contributed by atoms with Crippen LogP contribution in [0.2, 0.25) is 10.0 Å². The Hall–Kier alpha value is -2.31. The molecule has 2 rings (SSSR count). The first-order valence-electron chi connectivity index (χ1n) is 7.19. The lowest BCUT2D eigenvalue weighted by Crippen LogP contribution is -2.29. The molecule has 0 aliphatic rings. The number of carbonyl (C=O) groups excluding carboxylic acids is 2. The average Bonchev–Trinajstić information content (AvgIpc) is 2.57. The molecule has 8 heteroatoms. The van der Waals surface area contributed by atoms with Crippen molar-refractivity contribution < 1.29 is 23.5 Å². The van der Waals surface area contributed by atoms with Crippen molar-refractivity contribution in [3.63, 3.8) is 0 Å². The standard InChI is InChI=1S/C17H14Cl2FNO4/c1-10(25-13-5-3-12(20)4-6-13)17(23)24-9-16(22)21-15-7-2-11(18)8-14(15)19/h2-8,10H,9H2,1H3,(H,21,22)/t10-/m0/s1. The number of rotatable bonds is 6. The largest absolute Gasteiger partial charge is 0.479 e. The molecule has 0 saturated carbocycles. The molecule has 25 heavy (non-hydrogen) atoms. The van der Waals surface area contributed by atoms with Crippen LogP contribution in [0.1, 0.15) is 6.92 Å².